The maximum absolute atomic E-state index is 8.82. The minimum atomic E-state index is -1.08. The third-order valence-electron chi connectivity index (χ3n) is 6.86. The molecule has 0 aliphatic rings. The van der Waals surface area contributed by atoms with E-state index < -0.39 is 8.53 Å². The fourth-order valence-electron chi connectivity index (χ4n) is 4.81. The lowest BCUT2D eigenvalue weighted by atomic mass is 10.0. The summed E-state index contributed by atoms with van der Waals surface area (Å²) in [7, 11) is -1.08. The zero-order valence-corrected chi connectivity index (χ0v) is 28.0. The van der Waals surface area contributed by atoms with E-state index in [9.17, 15) is 0 Å². The SMILES string of the molecule is CC.CCCCCCCCCCCCCCCCCCCCCCOP(OCCC#N)N(C(C)C)C(C)C. The molecule has 0 bridgehead atoms. The highest BCUT2D eigenvalue weighted by Crippen LogP contribution is 2.46. The Morgan fingerprint density at radius 2 is 0.868 bits per heavy atom. The van der Waals surface area contributed by atoms with Gasteiger partial charge in [-0.2, -0.15) is 5.26 Å². The van der Waals surface area contributed by atoms with E-state index >= 15 is 0 Å². The molecule has 0 heterocycles. The van der Waals surface area contributed by atoms with Crippen LogP contribution in [0.15, 0.2) is 0 Å². The van der Waals surface area contributed by atoms with E-state index in [2.05, 4.69) is 45.4 Å². The molecular formula is C33H69N2O2P. The standard InChI is InChI=1S/C31H63N2O2P.C2H6/c1-6-7-8-9-10-11-12-13-14-15-16-17-18-19-20-21-22-23-24-25-28-34-36(35-29-26-27-32)33(30(2)3)31(4)5;1-2/h30-31H,6-26,28-29H2,1-5H3;1-2H3. The third-order valence-corrected chi connectivity index (χ3v) is 8.97. The maximum Gasteiger partial charge on any atom is 0.259 e. The van der Waals surface area contributed by atoms with Crippen LogP contribution in [0.2, 0.25) is 0 Å². The predicted octanol–water partition coefficient (Wildman–Crippen LogP) is 12.1. The lowest BCUT2D eigenvalue weighted by molar-refractivity contribution is 0.174. The summed E-state index contributed by atoms with van der Waals surface area (Å²) in [4.78, 5) is 0. The van der Waals surface area contributed by atoms with Gasteiger partial charge in [-0.1, -0.05) is 143 Å². The van der Waals surface area contributed by atoms with E-state index in [0.717, 1.165) is 13.0 Å². The minimum absolute atomic E-state index is 0.369. The fourth-order valence-corrected chi connectivity index (χ4v) is 6.44. The average molecular weight is 557 g/mol. The Morgan fingerprint density at radius 3 is 1.18 bits per heavy atom. The molecule has 0 fully saturated rings. The molecule has 0 aromatic rings. The lowest BCUT2D eigenvalue weighted by Gasteiger charge is -2.35. The van der Waals surface area contributed by atoms with E-state index in [1.807, 2.05) is 13.8 Å². The van der Waals surface area contributed by atoms with Crippen LogP contribution in [-0.2, 0) is 9.05 Å². The first kappa shape index (κ1) is 39.9. The molecule has 0 aromatic carbocycles. The molecule has 0 rings (SSSR count). The highest BCUT2D eigenvalue weighted by molar-refractivity contribution is 7.44. The normalized spacial score (nSPS) is 12.1. The molecule has 0 saturated heterocycles. The molecule has 0 aliphatic carbocycles. The van der Waals surface area contributed by atoms with Crippen LogP contribution in [0.5, 0.6) is 0 Å². The van der Waals surface area contributed by atoms with Gasteiger partial charge in [0.25, 0.3) is 8.53 Å². The van der Waals surface area contributed by atoms with Crippen molar-refractivity contribution in [2.45, 2.75) is 195 Å². The molecule has 0 radical (unpaired) electrons. The summed E-state index contributed by atoms with van der Waals surface area (Å²) < 4.78 is 14.4. The zero-order valence-electron chi connectivity index (χ0n) is 27.1. The van der Waals surface area contributed by atoms with Crippen molar-refractivity contribution in [1.29, 1.82) is 5.26 Å². The van der Waals surface area contributed by atoms with Crippen LogP contribution < -0.4 is 0 Å². The van der Waals surface area contributed by atoms with Gasteiger partial charge in [-0.3, -0.25) is 0 Å². The summed E-state index contributed by atoms with van der Waals surface area (Å²) in [5, 5.41) is 8.82. The summed E-state index contributed by atoms with van der Waals surface area (Å²) in [6.07, 6.45) is 28.4. The van der Waals surface area contributed by atoms with Gasteiger partial charge in [0, 0.05) is 12.1 Å². The summed E-state index contributed by atoms with van der Waals surface area (Å²) in [6, 6.07) is 2.90. The molecule has 0 N–H and O–H groups in total. The number of unbranched alkanes of at least 4 members (excludes halogenated alkanes) is 19. The number of rotatable bonds is 28. The van der Waals surface area contributed by atoms with E-state index in [4.69, 9.17) is 14.3 Å². The van der Waals surface area contributed by atoms with Gasteiger partial charge in [-0.05, 0) is 34.1 Å². The molecule has 38 heavy (non-hydrogen) atoms. The van der Waals surface area contributed by atoms with Crippen molar-refractivity contribution in [1.82, 2.24) is 4.67 Å². The molecule has 0 saturated carbocycles. The average Bonchev–Trinajstić information content (AvgIpc) is 2.90. The van der Waals surface area contributed by atoms with Crippen molar-refractivity contribution < 1.29 is 9.05 Å². The summed E-state index contributed by atoms with van der Waals surface area (Å²) in [5.74, 6) is 0. The van der Waals surface area contributed by atoms with Crippen molar-refractivity contribution in [2.24, 2.45) is 0 Å². The van der Waals surface area contributed by atoms with Crippen molar-refractivity contribution in [3.8, 4) is 6.07 Å². The minimum Gasteiger partial charge on any atom is -0.322 e. The van der Waals surface area contributed by atoms with Crippen LogP contribution in [0, 0.1) is 11.3 Å². The molecule has 1 atom stereocenters. The Hall–Kier alpha value is -0.200. The Morgan fingerprint density at radius 1 is 0.553 bits per heavy atom. The molecule has 1 unspecified atom stereocenters. The maximum atomic E-state index is 8.82. The molecule has 0 spiro atoms. The first-order valence-electron chi connectivity index (χ1n) is 16.8. The Kier molecular flexibility index (Phi) is 34.7. The van der Waals surface area contributed by atoms with E-state index in [-0.39, 0.29) is 0 Å². The van der Waals surface area contributed by atoms with Crippen LogP contribution >= 0.6 is 8.53 Å². The quantitative estimate of drug-likeness (QED) is 0.0710. The Labute approximate surface area is 242 Å². The van der Waals surface area contributed by atoms with Gasteiger partial charge in [0.2, 0.25) is 0 Å². The van der Waals surface area contributed by atoms with Gasteiger partial charge in [-0.15, -0.1) is 0 Å². The Balaban J connectivity index is 0. The van der Waals surface area contributed by atoms with Gasteiger partial charge in [0.05, 0.1) is 25.7 Å². The molecule has 228 valence electrons. The first-order valence-corrected chi connectivity index (χ1v) is 17.9. The van der Waals surface area contributed by atoms with Crippen molar-refractivity contribution >= 4 is 8.53 Å². The first-order chi connectivity index (χ1) is 18.5. The molecule has 4 nitrogen and oxygen atoms in total. The molecular weight excluding hydrogens is 487 g/mol. The summed E-state index contributed by atoms with van der Waals surface area (Å²) >= 11 is 0. The van der Waals surface area contributed by atoms with Crippen molar-refractivity contribution in [3.63, 3.8) is 0 Å². The van der Waals surface area contributed by atoms with Gasteiger partial charge in [-0.25, -0.2) is 4.67 Å². The van der Waals surface area contributed by atoms with Crippen molar-refractivity contribution in [2.75, 3.05) is 13.2 Å². The molecule has 0 aromatic heterocycles. The summed E-state index contributed by atoms with van der Waals surface area (Å²) in [6.45, 7) is 16.2. The van der Waals surface area contributed by atoms with E-state index in [0.29, 0.717) is 25.1 Å². The van der Waals surface area contributed by atoms with E-state index in [1.54, 1.807) is 0 Å². The van der Waals surface area contributed by atoms with Crippen LogP contribution in [0.4, 0.5) is 0 Å². The van der Waals surface area contributed by atoms with Crippen LogP contribution in [0.25, 0.3) is 0 Å². The largest absolute Gasteiger partial charge is 0.322 e. The monoisotopic (exact) mass is 557 g/mol. The smallest absolute Gasteiger partial charge is 0.259 e. The van der Waals surface area contributed by atoms with Crippen LogP contribution in [0.1, 0.15) is 183 Å². The van der Waals surface area contributed by atoms with Crippen LogP contribution in [0.3, 0.4) is 0 Å². The number of nitrogens with zero attached hydrogens (tertiary/aromatic N) is 2. The predicted molar refractivity (Wildman–Crippen MR) is 171 cm³/mol. The second kappa shape index (κ2) is 33.0. The molecule has 0 amide bonds. The van der Waals surface area contributed by atoms with Crippen molar-refractivity contribution in [3.05, 3.63) is 0 Å². The second-order valence-corrected chi connectivity index (χ2v) is 12.6. The highest BCUT2D eigenvalue weighted by Gasteiger charge is 2.26. The highest BCUT2D eigenvalue weighted by atomic mass is 31.2. The number of hydrogen-bond donors (Lipinski definition) is 0. The van der Waals surface area contributed by atoms with Gasteiger partial charge < -0.3 is 9.05 Å². The van der Waals surface area contributed by atoms with Gasteiger partial charge >= 0.3 is 0 Å². The molecule has 5 heteroatoms. The van der Waals surface area contributed by atoms with E-state index in [1.165, 1.54) is 122 Å². The molecule has 0 aliphatic heterocycles. The third kappa shape index (κ3) is 27.4. The summed E-state index contributed by atoms with van der Waals surface area (Å²) in [5.41, 5.74) is 0. The Bertz CT molecular complexity index is 474. The van der Waals surface area contributed by atoms with Gasteiger partial charge in [0.1, 0.15) is 0 Å². The van der Waals surface area contributed by atoms with Crippen LogP contribution in [-0.4, -0.2) is 30.0 Å². The fraction of sp³-hybridized carbons (Fsp3) is 0.970. The van der Waals surface area contributed by atoms with Gasteiger partial charge in [0.15, 0.2) is 0 Å². The number of hydrogen-bond acceptors (Lipinski definition) is 4. The second-order valence-electron chi connectivity index (χ2n) is 11.1. The number of nitriles is 1. The topological polar surface area (TPSA) is 45.5 Å². The zero-order chi connectivity index (χ0) is 28.7. The lowest BCUT2D eigenvalue weighted by Crippen LogP contribution is -2.33.